The van der Waals surface area contributed by atoms with Crippen molar-refractivity contribution in [1.29, 1.82) is 0 Å². The van der Waals surface area contributed by atoms with E-state index in [1.54, 1.807) is 0 Å². The summed E-state index contributed by atoms with van der Waals surface area (Å²) in [6.45, 7) is 6.54. The molecule has 0 unspecified atom stereocenters. The van der Waals surface area contributed by atoms with Crippen molar-refractivity contribution in [3.05, 3.63) is 75.0 Å². The average Bonchev–Trinajstić information content (AvgIpc) is 3.30. The largest absolute Gasteiger partial charge is 0.489 e. The van der Waals surface area contributed by atoms with E-state index in [4.69, 9.17) is 4.74 Å². The van der Waals surface area contributed by atoms with E-state index in [0.29, 0.717) is 16.6 Å². The van der Waals surface area contributed by atoms with Gasteiger partial charge in [-0.25, -0.2) is 4.98 Å². The second kappa shape index (κ2) is 7.73. The van der Waals surface area contributed by atoms with Gasteiger partial charge >= 0.3 is 0 Å². The molecular formula is C22H20N2O2S2. The number of nitrogens with one attached hydrogen (secondary N) is 1. The van der Waals surface area contributed by atoms with Gasteiger partial charge in [-0.15, -0.1) is 11.3 Å². The molecule has 0 atom stereocenters. The lowest BCUT2D eigenvalue weighted by Crippen LogP contribution is -2.09. The molecule has 0 aliphatic heterocycles. The minimum Gasteiger partial charge on any atom is -0.489 e. The number of aromatic nitrogens is 1. The van der Waals surface area contributed by atoms with Gasteiger partial charge in [0, 0.05) is 5.56 Å². The minimum atomic E-state index is -0.139. The number of amides is 1. The van der Waals surface area contributed by atoms with Crippen molar-refractivity contribution in [3.8, 4) is 5.75 Å². The molecule has 0 saturated heterocycles. The molecule has 0 aliphatic rings. The van der Waals surface area contributed by atoms with Gasteiger partial charge in [-0.05, 0) is 61.0 Å². The van der Waals surface area contributed by atoms with Crippen LogP contribution in [0.25, 0.3) is 10.2 Å². The van der Waals surface area contributed by atoms with Crippen LogP contribution >= 0.6 is 22.7 Å². The Bertz CT molecular complexity index is 1160. The molecule has 0 aliphatic carbocycles. The molecule has 2 aromatic heterocycles. The first kappa shape index (κ1) is 18.7. The highest BCUT2D eigenvalue weighted by Crippen LogP contribution is 2.29. The minimum absolute atomic E-state index is 0.139. The van der Waals surface area contributed by atoms with Crippen molar-refractivity contribution in [2.75, 3.05) is 5.32 Å². The Hall–Kier alpha value is -2.70. The van der Waals surface area contributed by atoms with Crippen LogP contribution in [-0.2, 0) is 6.61 Å². The van der Waals surface area contributed by atoms with Crippen LogP contribution in [0.5, 0.6) is 5.75 Å². The summed E-state index contributed by atoms with van der Waals surface area (Å²) in [5, 5.41) is 5.50. The number of hydrogen-bond donors (Lipinski definition) is 1. The molecule has 4 aromatic rings. The second-order valence-electron chi connectivity index (χ2n) is 6.77. The molecule has 2 heterocycles. The number of thiazole rings is 1. The maximum absolute atomic E-state index is 12.6. The number of anilines is 1. The number of rotatable bonds is 5. The highest BCUT2D eigenvalue weighted by atomic mass is 32.1. The normalized spacial score (nSPS) is 11.0. The molecular weight excluding hydrogens is 388 g/mol. The number of fused-ring (bicyclic) bond motifs is 1. The van der Waals surface area contributed by atoms with E-state index in [0.717, 1.165) is 38.2 Å². The van der Waals surface area contributed by atoms with Crippen molar-refractivity contribution in [3.63, 3.8) is 0 Å². The van der Waals surface area contributed by atoms with Gasteiger partial charge in [0.15, 0.2) is 5.13 Å². The first-order chi connectivity index (χ1) is 13.5. The van der Waals surface area contributed by atoms with Gasteiger partial charge in [0.1, 0.15) is 12.4 Å². The number of hydrogen-bond acceptors (Lipinski definition) is 5. The number of thiophene rings is 1. The van der Waals surface area contributed by atoms with E-state index in [2.05, 4.69) is 22.4 Å². The van der Waals surface area contributed by atoms with Crippen LogP contribution in [0.3, 0.4) is 0 Å². The molecule has 0 fully saturated rings. The van der Waals surface area contributed by atoms with Crippen molar-refractivity contribution >= 4 is 43.9 Å². The zero-order valence-electron chi connectivity index (χ0n) is 15.9. The number of para-hydroxylation sites is 1. The van der Waals surface area contributed by atoms with Gasteiger partial charge in [-0.2, -0.15) is 0 Å². The SMILES string of the molecule is Cc1ccc(C)c(OCc2csc(C(=O)Nc3nc4c(C)cccc4s3)c2)c1. The van der Waals surface area contributed by atoms with Crippen LogP contribution in [0.15, 0.2) is 47.8 Å². The molecule has 1 N–H and O–H groups in total. The standard InChI is InChI=1S/C22H20N2O2S2/c1-13-7-8-14(2)17(9-13)26-11-16-10-19(27-12-16)21(25)24-22-23-20-15(3)5-4-6-18(20)28-22/h4-10,12H,11H2,1-3H3,(H,23,24,25). The van der Waals surface area contributed by atoms with Gasteiger partial charge in [0.2, 0.25) is 0 Å². The Morgan fingerprint density at radius 3 is 2.79 bits per heavy atom. The fourth-order valence-corrected chi connectivity index (χ4v) is 4.62. The quantitative estimate of drug-likeness (QED) is 0.433. The van der Waals surface area contributed by atoms with Gasteiger partial charge in [0.05, 0.1) is 15.1 Å². The van der Waals surface area contributed by atoms with E-state index in [9.17, 15) is 4.79 Å². The summed E-state index contributed by atoms with van der Waals surface area (Å²) in [6, 6.07) is 14.1. The number of aryl methyl sites for hydroxylation is 3. The molecule has 0 bridgehead atoms. The predicted octanol–water partition coefficient (Wildman–Crippen LogP) is 6.11. The van der Waals surface area contributed by atoms with Crippen molar-refractivity contribution in [2.24, 2.45) is 0 Å². The summed E-state index contributed by atoms with van der Waals surface area (Å²) in [6.07, 6.45) is 0. The van der Waals surface area contributed by atoms with Crippen LogP contribution in [0.1, 0.15) is 31.9 Å². The summed E-state index contributed by atoms with van der Waals surface area (Å²) in [7, 11) is 0. The zero-order chi connectivity index (χ0) is 19.7. The third-order valence-electron chi connectivity index (χ3n) is 4.46. The summed E-state index contributed by atoms with van der Waals surface area (Å²) in [5.41, 5.74) is 5.30. The van der Waals surface area contributed by atoms with Gasteiger partial charge in [0.25, 0.3) is 5.91 Å². The maximum atomic E-state index is 12.6. The molecule has 6 heteroatoms. The van der Waals surface area contributed by atoms with E-state index < -0.39 is 0 Å². The average molecular weight is 409 g/mol. The Kier molecular flexibility index (Phi) is 5.15. The maximum Gasteiger partial charge on any atom is 0.267 e. The second-order valence-corrected chi connectivity index (χ2v) is 8.71. The zero-order valence-corrected chi connectivity index (χ0v) is 17.5. The van der Waals surface area contributed by atoms with E-state index in [1.165, 1.54) is 22.7 Å². The lowest BCUT2D eigenvalue weighted by molar-refractivity contribution is 0.103. The van der Waals surface area contributed by atoms with E-state index in [1.807, 2.05) is 56.5 Å². The lowest BCUT2D eigenvalue weighted by atomic mass is 10.1. The Balaban J connectivity index is 1.43. The number of carbonyl (C=O) groups is 1. The molecule has 2 aromatic carbocycles. The van der Waals surface area contributed by atoms with Crippen LogP contribution < -0.4 is 10.1 Å². The van der Waals surface area contributed by atoms with Crippen molar-refractivity contribution in [1.82, 2.24) is 4.98 Å². The molecule has 0 spiro atoms. The summed E-state index contributed by atoms with van der Waals surface area (Å²) < 4.78 is 7.01. The monoisotopic (exact) mass is 408 g/mol. The summed E-state index contributed by atoms with van der Waals surface area (Å²) in [5.74, 6) is 0.738. The van der Waals surface area contributed by atoms with Gasteiger partial charge < -0.3 is 4.74 Å². The summed E-state index contributed by atoms with van der Waals surface area (Å²) >= 11 is 2.90. The molecule has 0 radical (unpaired) electrons. The van der Waals surface area contributed by atoms with Crippen molar-refractivity contribution in [2.45, 2.75) is 27.4 Å². The molecule has 1 amide bonds. The molecule has 4 nitrogen and oxygen atoms in total. The number of carbonyl (C=O) groups excluding carboxylic acids is 1. The van der Waals surface area contributed by atoms with Gasteiger partial charge in [-0.3, -0.25) is 10.1 Å². The van der Waals surface area contributed by atoms with E-state index >= 15 is 0 Å². The molecule has 4 rings (SSSR count). The summed E-state index contributed by atoms with van der Waals surface area (Å²) in [4.78, 5) is 17.8. The fourth-order valence-electron chi connectivity index (χ4n) is 2.89. The first-order valence-corrected chi connectivity index (χ1v) is 10.6. The highest BCUT2D eigenvalue weighted by Gasteiger charge is 2.13. The van der Waals surface area contributed by atoms with Crippen LogP contribution in [-0.4, -0.2) is 10.9 Å². The third kappa shape index (κ3) is 3.93. The van der Waals surface area contributed by atoms with Crippen LogP contribution in [0.4, 0.5) is 5.13 Å². The molecule has 28 heavy (non-hydrogen) atoms. The van der Waals surface area contributed by atoms with Gasteiger partial charge in [-0.1, -0.05) is 35.6 Å². The molecule has 0 saturated carbocycles. The number of ether oxygens (including phenoxy) is 1. The predicted molar refractivity (Wildman–Crippen MR) is 117 cm³/mol. The van der Waals surface area contributed by atoms with Crippen molar-refractivity contribution < 1.29 is 9.53 Å². The smallest absolute Gasteiger partial charge is 0.267 e. The first-order valence-electron chi connectivity index (χ1n) is 8.94. The Morgan fingerprint density at radius 1 is 1.11 bits per heavy atom. The lowest BCUT2D eigenvalue weighted by Gasteiger charge is -2.08. The number of benzene rings is 2. The fraction of sp³-hybridized carbons (Fsp3) is 0.182. The Morgan fingerprint density at radius 2 is 1.96 bits per heavy atom. The highest BCUT2D eigenvalue weighted by molar-refractivity contribution is 7.22. The van der Waals surface area contributed by atoms with E-state index in [-0.39, 0.29) is 5.91 Å². The number of nitrogens with zero attached hydrogens (tertiary/aromatic N) is 1. The third-order valence-corrected chi connectivity index (χ3v) is 6.37. The molecule has 142 valence electrons. The Labute approximate surface area is 171 Å². The van der Waals surface area contributed by atoms with Crippen LogP contribution in [0, 0.1) is 20.8 Å². The van der Waals surface area contributed by atoms with Crippen LogP contribution in [0.2, 0.25) is 0 Å². The topological polar surface area (TPSA) is 51.2 Å².